The topological polar surface area (TPSA) is 75.2 Å². The van der Waals surface area contributed by atoms with Crippen LogP contribution in [-0.4, -0.2) is 33.6 Å². The molecule has 1 atom stereocenters. The van der Waals surface area contributed by atoms with E-state index in [0.29, 0.717) is 11.4 Å². The standard InChI is InChI=1S/C16H13F3N4O2S/c1-9(26-15-20-7-6-12(22-15)16(17,18)19)14(25)23-8-13(24)21-10-4-2-3-5-11(10)23/h2-7,9H,8H2,1H3,(H,21,24). The number of alkyl halides is 3. The van der Waals surface area contributed by atoms with Gasteiger partial charge in [-0.05, 0) is 25.1 Å². The lowest BCUT2D eigenvalue weighted by Crippen LogP contribution is -2.45. The van der Waals surface area contributed by atoms with Crippen LogP contribution in [0.25, 0.3) is 0 Å². The minimum absolute atomic E-state index is 0.157. The monoisotopic (exact) mass is 382 g/mol. The smallest absolute Gasteiger partial charge is 0.323 e. The second kappa shape index (κ2) is 6.94. The van der Waals surface area contributed by atoms with Gasteiger partial charge in [0.15, 0.2) is 5.16 Å². The third kappa shape index (κ3) is 3.79. The molecule has 0 radical (unpaired) electrons. The summed E-state index contributed by atoms with van der Waals surface area (Å²) in [6, 6.07) is 7.57. The molecule has 0 bridgehead atoms. The number of fused-ring (bicyclic) bond motifs is 1. The van der Waals surface area contributed by atoms with E-state index in [1.54, 1.807) is 24.3 Å². The number of nitrogens with zero attached hydrogens (tertiary/aromatic N) is 3. The Balaban J connectivity index is 1.80. The number of amides is 2. The van der Waals surface area contributed by atoms with E-state index in [1.165, 1.54) is 11.8 Å². The maximum absolute atomic E-state index is 12.7. The Morgan fingerprint density at radius 1 is 1.31 bits per heavy atom. The molecular formula is C16H13F3N4O2S. The summed E-state index contributed by atoms with van der Waals surface area (Å²) in [5, 5.41) is 1.73. The fraction of sp³-hybridized carbons (Fsp3) is 0.250. The number of anilines is 2. The molecule has 2 heterocycles. The van der Waals surface area contributed by atoms with Crippen molar-refractivity contribution >= 4 is 35.0 Å². The lowest BCUT2D eigenvalue weighted by atomic mass is 10.2. The van der Waals surface area contributed by atoms with Crippen LogP contribution < -0.4 is 10.2 Å². The summed E-state index contributed by atoms with van der Waals surface area (Å²) in [5.74, 6) is -0.761. The molecule has 0 fully saturated rings. The molecule has 1 N–H and O–H groups in total. The third-order valence-electron chi connectivity index (χ3n) is 3.59. The van der Waals surface area contributed by atoms with E-state index in [0.717, 1.165) is 24.0 Å². The van der Waals surface area contributed by atoms with Gasteiger partial charge in [0.05, 0.1) is 16.6 Å². The van der Waals surface area contributed by atoms with Crippen LogP contribution in [0.3, 0.4) is 0 Å². The van der Waals surface area contributed by atoms with E-state index in [-0.39, 0.29) is 17.6 Å². The van der Waals surface area contributed by atoms with Crippen LogP contribution in [0.5, 0.6) is 0 Å². The van der Waals surface area contributed by atoms with Gasteiger partial charge in [0.2, 0.25) is 11.8 Å². The molecule has 0 aliphatic carbocycles. The fourth-order valence-corrected chi connectivity index (χ4v) is 3.23. The number of nitrogens with one attached hydrogen (secondary N) is 1. The van der Waals surface area contributed by atoms with Crippen molar-refractivity contribution in [2.45, 2.75) is 23.5 Å². The Morgan fingerprint density at radius 3 is 2.77 bits per heavy atom. The highest BCUT2D eigenvalue weighted by Crippen LogP contribution is 2.32. The Hall–Kier alpha value is -2.62. The van der Waals surface area contributed by atoms with Crippen molar-refractivity contribution in [1.29, 1.82) is 0 Å². The first-order chi connectivity index (χ1) is 12.3. The molecule has 136 valence electrons. The van der Waals surface area contributed by atoms with Crippen LogP contribution in [0.4, 0.5) is 24.5 Å². The number of hydrogen-bond acceptors (Lipinski definition) is 5. The minimum Gasteiger partial charge on any atom is -0.323 e. The molecule has 2 amide bonds. The molecule has 1 aliphatic rings. The van der Waals surface area contributed by atoms with Gasteiger partial charge < -0.3 is 5.32 Å². The van der Waals surface area contributed by atoms with Gasteiger partial charge in [0.25, 0.3) is 0 Å². The zero-order chi connectivity index (χ0) is 18.9. The molecule has 0 saturated heterocycles. The molecule has 0 saturated carbocycles. The number of thioether (sulfide) groups is 1. The molecule has 3 rings (SSSR count). The molecule has 0 spiro atoms. The normalized spacial score (nSPS) is 15.2. The molecule has 1 unspecified atom stereocenters. The van der Waals surface area contributed by atoms with Gasteiger partial charge in [0, 0.05) is 6.20 Å². The lowest BCUT2D eigenvalue weighted by molar-refractivity contribution is -0.141. The average Bonchev–Trinajstić information content (AvgIpc) is 2.59. The van der Waals surface area contributed by atoms with Crippen molar-refractivity contribution in [3.63, 3.8) is 0 Å². The number of carbonyl (C=O) groups excluding carboxylic acids is 2. The second-order valence-electron chi connectivity index (χ2n) is 5.47. The molecule has 1 aromatic carbocycles. The Kier molecular flexibility index (Phi) is 4.86. The van der Waals surface area contributed by atoms with Crippen LogP contribution in [-0.2, 0) is 15.8 Å². The first kappa shape index (κ1) is 18.2. The zero-order valence-corrected chi connectivity index (χ0v) is 14.3. The van der Waals surface area contributed by atoms with Crippen molar-refractivity contribution in [3.05, 3.63) is 42.2 Å². The van der Waals surface area contributed by atoms with Gasteiger partial charge in [0.1, 0.15) is 12.2 Å². The average molecular weight is 382 g/mol. The van der Waals surface area contributed by atoms with E-state index >= 15 is 0 Å². The fourth-order valence-electron chi connectivity index (χ4n) is 2.41. The predicted molar refractivity (Wildman–Crippen MR) is 89.8 cm³/mol. The number of hydrogen-bond donors (Lipinski definition) is 1. The van der Waals surface area contributed by atoms with Crippen molar-refractivity contribution in [1.82, 2.24) is 9.97 Å². The summed E-state index contributed by atoms with van der Waals surface area (Å²) in [5.41, 5.74) is -0.0310. The van der Waals surface area contributed by atoms with Gasteiger partial charge in [-0.3, -0.25) is 14.5 Å². The highest BCUT2D eigenvalue weighted by molar-refractivity contribution is 8.00. The van der Waals surface area contributed by atoms with E-state index in [2.05, 4.69) is 15.3 Å². The van der Waals surface area contributed by atoms with Crippen LogP contribution in [0.1, 0.15) is 12.6 Å². The van der Waals surface area contributed by atoms with Gasteiger partial charge >= 0.3 is 6.18 Å². The third-order valence-corrected chi connectivity index (χ3v) is 4.55. The summed E-state index contributed by atoms with van der Waals surface area (Å²) >= 11 is 0.806. The van der Waals surface area contributed by atoms with Crippen molar-refractivity contribution in [2.24, 2.45) is 0 Å². The van der Waals surface area contributed by atoms with E-state index in [9.17, 15) is 22.8 Å². The largest absolute Gasteiger partial charge is 0.433 e. The first-order valence-electron chi connectivity index (χ1n) is 7.53. The Labute approximate surface area is 150 Å². The number of rotatable bonds is 3. The zero-order valence-electron chi connectivity index (χ0n) is 13.4. The molecule has 10 heteroatoms. The number of carbonyl (C=O) groups is 2. The maximum Gasteiger partial charge on any atom is 0.433 e. The molecule has 26 heavy (non-hydrogen) atoms. The number of halogens is 3. The highest BCUT2D eigenvalue weighted by Gasteiger charge is 2.34. The van der Waals surface area contributed by atoms with Gasteiger partial charge in [-0.1, -0.05) is 23.9 Å². The SMILES string of the molecule is CC(Sc1nccc(C(F)(F)F)n1)C(=O)N1CC(=O)Nc2ccccc21. The van der Waals surface area contributed by atoms with Crippen LogP contribution in [0.2, 0.25) is 0 Å². The molecule has 2 aromatic rings. The van der Waals surface area contributed by atoms with Crippen molar-refractivity contribution < 1.29 is 22.8 Å². The predicted octanol–water partition coefficient (Wildman–Crippen LogP) is 2.96. The van der Waals surface area contributed by atoms with Crippen LogP contribution in [0, 0.1) is 0 Å². The minimum atomic E-state index is -4.59. The Bertz CT molecular complexity index is 859. The maximum atomic E-state index is 12.7. The summed E-state index contributed by atoms with van der Waals surface area (Å²) in [6.45, 7) is 1.37. The quantitative estimate of drug-likeness (QED) is 0.653. The number of para-hydroxylation sites is 2. The van der Waals surface area contributed by atoms with Crippen LogP contribution >= 0.6 is 11.8 Å². The summed E-state index contributed by atoms with van der Waals surface area (Å²) < 4.78 is 38.2. The molecule has 1 aliphatic heterocycles. The molecule has 6 nitrogen and oxygen atoms in total. The summed E-state index contributed by atoms with van der Waals surface area (Å²) in [6.07, 6.45) is -3.59. The van der Waals surface area contributed by atoms with E-state index in [1.807, 2.05) is 0 Å². The van der Waals surface area contributed by atoms with Gasteiger partial charge in [-0.15, -0.1) is 0 Å². The first-order valence-corrected chi connectivity index (χ1v) is 8.41. The lowest BCUT2D eigenvalue weighted by Gasteiger charge is -2.30. The van der Waals surface area contributed by atoms with Gasteiger partial charge in [-0.25, -0.2) is 9.97 Å². The van der Waals surface area contributed by atoms with E-state index < -0.39 is 23.0 Å². The summed E-state index contributed by atoms with van der Waals surface area (Å²) in [7, 11) is 0. The summed E-state index contributed by atoms with van der Waals surface area (Å²) in [4.78, 5) is 33.1. The second-order valence-corrected chi connectivity index (χ2v) is 6.78. The molecular weight excluding hydrogens is 369 g/mol. The van der Waals surface area contributed by atoms with Crippen molar-refractivity contribution in [3.8, 4) is 0 Å². The Morgan fingerprint density at radius 2 is 2.04 bits per heavy atom. The number of aromatic nitrogens is 2. The number of benzene rings is 1. The van der Waals surface area contributed by atoms with Crippen LogP contribution in [0.15, 0.2) is 41.7 Å². The highest BCUT2D eigenvalue weighted by atomic mass is 32.2. The molecule has 1 aromatic heterocycles. The van der Waals surface area contributed by atoms with E-state index in [4.69, 9.17) is 0 Å². The van der Waals surface area contributed by atoms with Crippen molar-refractivity contribution in [2.75, 3.05) is 16.8 Å². The van der Waals surface area contributed by atoms with Gasteiger partial charge in [-0.2, -0.15) is 13.2 Å².